The van der Waals surface area contributed by atoms with Crippen LogP contribution in [0.3, 0.4) is 0 Å². The Bertz CT molecular complexity index is 2850. The van der Waals surface area contributed by atoms with Gasteiger partial charge in [0.15, 0.2) is 17.5 Å². The van der Waals surface area contributed by atoms with Crippen LogP contribution in [0.25, 0.3) is 67.2 Å². The van der Waals surface area contributed by atoms with E-state index in [0.29, 0.717) is 40.3 Å². The third kappa shape index (κ3) is 5.17. The first-order chi connectivity index (χ1) is 29.1. The number of rotatable bonds is 7. The summed E-state index contributed by atoms with van der Waals surface area (Å²) in [6.45, 7) is 0. The first-order valence-electron chi connectivity index (χ1n) is 21.2. The number of benzene rings is 7. The summed E-state index contributed by atoms with van der Waals surface area (Å²) in [6.07, 6.45) is 6.84. The zero-order chi connectivity index (χ0) is 39.1. The van der Waals surface area contributed by atoms with Crippen molar-refractivity contribution in [2.24, 2.45) is 29.1 Å². The van der Waals surface area contributed by atoms with Gasteiger partial charge in [0.1, 0.15) is 0 Å². The molecule has 4 nitrogen and oxygen atoms in total. The Kier molecular flexibility index (Phi) is 7.66. The molecule has 59 heavy (non-hydrogen) atoms. The molecule has 1 aromatic heterocycles. The second kappa shape index (κ2) is 13.2. The second-order valence-electron chi connectivity index (χ2n) is 17.6. The molecule has 4 atom stereocenters. The molecule has 4 aliphatic rings. The number of nitriles is 1. The molecule has 282 valence electrons. The molecule has 1 spiro atoms. The van der Waals surface area contributed by atoms with Crippen LogP contribution in [0.2, 0.25) is 0 Å². The van der Waals surface area contributed by atoms with E-state index in [1.807, 2.05) is 48.5 Å². The molecule has 0 aliphatic heterocycles. The van der Waals surface area contributed by atoms with Crippen LogP contribution in [-0.4, -0.2) is 15.0 Å². The van der Waals surface area contributed by atoms with E-state index in [4.69, 9.17) is 15.0 Å². The summed E-state index contributed by atoms with van der Waals surface area (Å²) in [7, 11) is 0. The van der Waals surface area contributed by atoms with E-state index in [9.17, 15) is 5.26 Å². The molecule has 12 rings (SSSR count). The summed E-state index contributed by atoms with van der Waals surface area (Å²) < 4.78 is 0. The van der Waals surface area contributed by atoms with Crippen LogP contribution in [0.1, 0.15) is 48.8 Å². The number of aromatic nitrogens is 3. The molecule has 8 aromatic rings. The van der Waals surface area contributed by atoms with E-state index in [0.717, 1.165) is 34.1 Å². The molecule has 4 fully saturated rings. The SMILES string of the molecule is N#Cc1ccc(-c2ccc(-c3ccc(C4(c5ccc(-c6nc(-c7ccccc7)nc(-c7ccccc7)n6)cc5)C5CC6CC7CC4CC67C5)cc3)c3ccccc23)cc1. The Balaban J connectivity index is 0.947. The van der Waals surface area contributed by atoms with Crippen molar-refractivity contribution < 1.29 is 0 Å². The standard InChI is InChI=1S/C55H42N4/c56-34-35-15-17-36(18-16-35)47-27-28-48(50-14-8-7-13-49(47)50)37-19-23-41(24-20-37)55(45-30-43-29-44-31-46(55)33-54(43,44)32-45)42-25-21-40(22-26-42)53-58-51(38-9-3-1-4-10-38)57-52(59-53)39-11-5-2-6-12-39/h1-28,43-46H,29-33H2. The third-order valence-electron chi connectivity index (χ3n) is 15.1. The molecule has 0 N–H and O–H groups in total. The van der Waals surface area contributed by atoms with Crippen LogP contribution < -0.4 is 0 Å². The predicted octanol–water partition coefficient (Wildman–Crippen LogP) is 13.0. The van der Waals surface area contributed by atoms with Crippen LogP contribution >= 0.6 is 0 Å². The zero-order valence-corrected chi connectivity index (χ0v) is 32.8. The van der Waals surface area contributed by atoms with Gasteiger partial charge in [0, 0.05) is 22.1 Å². The van der Waals surface area contributed by atoms with E-state index in [-0.39, 0.29) is 5.41 Å². The average molecular weight is 759 g/mol. The smallest absolute Gasteiger partial charge is 0.164 e. The Morgan fingerprint density at radius 3 is 1.25 bits per heavy atom. The van der Waals surface area contributed by atoms with E-state index in [1.165, 1.54) is 70.7 Å². The molecule has 0 radical (unpaired) electrons. The minimum Gasteiger partial charge on any atom is -0.208 e. The van der Waals surface area contributed by atoms with Crippen molar-refractivity contribution in [3.63, 3.8) is 0 Å². The highest BCUT2D eigenvalue weighted by Gasteiger charge is 2.73. The Labute approximate surface area is 345 Å². The summed E-state index contributed by atoms with van der Waals surface area (Å²) in [5.74, 6) is 5.12. The molecule has 4 aliphatic carbocycles. The first kappa shape index (κ1) is 34.4. The lowest BCUT2D eigenvalue weighted by molar-refractivity contribution is -0.00200. The van der Waals surface area contributed by atoms with E-state index >= 15 is 0 Å². The quantitative estimate of drug-likeness (QED) is 0.162. The molecule has 7 aromatic carbocycles. The van der Waals surface area contributed by atoms with Crippen LogP contribution in [0.5, 0.6) is 0 Å². The van der Waals surface area contributed by atoms with Gasteiger partial charge in [0.25, 0.3) is 0 Å². The predicted molar refractivity (Wildman–Crippen MR) is 236 cm³/mol. The monoisotopic (exact) mass is 758 g/mol. The number of hydrogen-bond acceptors (Lipinski definition) is 4. The normalized spacial score (nSPS) is 24.7. The van der Waals surface area contributed by atoms with Crippen LogP contribution in [0.4, 0.5) is 0 Å². The van der Waals surface area contributed by atoms with E-state index in [1.54, 1.807) is 0 Å². The topological polar surface area (TPSA) is 62.5 Å². The lowest BCUT2D eigenvalue weighted by Gasteiger charge is -2.51. The maximum absolute atomic E-state index is 9.37. The van der Waals surface area contributed by atoms with Gasteiger partial charge in [-0.15, -0.1) is 0 Å². The molecule has 0 amide bonds. The lowest BCUT2D eigenvalue weighted by Crippen LogP contribution is -2.45. The highest BCUT2D eigenvalue weighted by Crippen LogP contribution is 2.80. The van der Waals surface area contributed by atoms with Gasteiger partial charge in [0.05, 0.1) is 11.6 Å². The summed E-state index contributed by atoms with van der Waals surface area (Å²) in [5, 5.41) is 11.8. The van der Waals surface area contributed by atoms with Gasteiger partial charge >= 0.3 is 0 Å². The van der Waals surface area contributed by atoms with Gasteiger partial charge in [0.2, 0.25) is 0 Å². The van der Waals surface area contributed by atoms with Gasteiger partial charge in [-0.3, -0.25) is 0 Å². The van der Waals surface area contributed by atoms with Gasteiger partial charge in [-0.05, 0) is 117 Å². The molecular formula is C55H42N4. The summed E-state index contributed by atoms with van der Waals surface area (Å²) >= 11 is 0. The highest BCUT2D eigenvalue weighted by atomic mass is 15.0. The van der Waals surface area contributed by atoms with Crippen molar-refractivity contribution in [2.45, 2.75) is 37.5 Å². The number of fused-ring (bicyclic) bond motifs is 3. The van der Waals surface area contributed by atoms with Gasteiger partial charge in [-0.25, -0.2) is 15.0 Å². The Hall–Kier alpha value is -6.70. The molecule has 4 saturated carbocycles. The molecular weight excluding hydrogens is 717 g/mol. The summed E-state index contributed by atoms with van der Waals surface area (Å²) in [5.41, 5.74) is 11.9. The van der Waals surface area contributed by atoms with Crippen molar-refractivity contribution in [3.05, 3.63) is 187 Å². The fourth-order valence-electron chi connectivity index (χ4n) is 12.6. The maximum Gasteiger partial charge on any atom is 0.164 e. The van der Waals surface area contributed by atoms with Gasteiger partial charge in [-0.1, -0.05) is 158 Å². The lowest BCUT2D eigenvalue weighted by atomic mass is 9.53. The first-order valence-corrected chi connectivity index (χ1v) is 21.2. The van der Waals surface area contributed by atoms with Crippen LogP contribution in [-0.2, 0) is 5.41 Å². The molecule has 4 heteroatoms. The van der Waals surface area contributed by atoms with Crippen molar-refractivity contribution in [1.82, 2.24) is 15.0 Å². The Morgan fingerprint density at radius 1 is 0.407 bits per heavy atom. The third-order valence-corrected chi connectivity index (χ3v) is 15.1. The average Bonchev–Trinajstić information content (AvgIpc) is 3.70. The minimum absolute atomic E-state index is 0.0322. The van der Waals surface area contributed by atoms with Crippen molar-refractivity contribution in [3.8, 4) is 62.5 Å². The van der Waals surface area contributed by atoms with E-state index < -0.39 is 0 Å². The maximum atomic E-state index is 9.37. The highest BCUT2D eigenvalue weighted by molar-refractivity contribution is 6.05. The largest absolute Gasteiger partial charge is 0.208 e. The number of nitrogens with zero attached hydrogens (tertiary/aromatic N) is 4. The zero-order valence-electron chi connectivity index (χ0n) is 32.8. The molecule has 1 heterocycles. The van der Waals surface area contributed by atoms with Gasteiger partial charge in [-0.2, -0.15) is 5.26 Å². The van der Waals surface area contributed by atoms with Gasteiger partial charge < -0.3 is 0 Å². The minimum atomic E-state index is -0.0322. The van der Waals surface area contributed by atoms with Crippen LogP contribution in [0.15, 0.2) is 170 Å². The molecule has 0 saturated heterocycles. The van der Waals surface area contributed by atoms with Crippen molar-refractivity contribution >= 4 is 10.8 Å². The number of hydrogen-bond donors (Lipinski definition) is 0. The molecule has 3 bridgehead atoms. The summed E-state index contributed by atoms with van der Waals surface area (Å²) in [4.78, 5) is 15.1. The van der Waals surface area contributed by atoms with Crippen molar-refractivity contribution in [2.75, 3.05) is 0 Å². The molecule has 4 unspecified atom stereocenters. The second-order valence-corrected chi connectivity index (χ2v) is 17.6. The van der Waals surface area contributed by atoms with E-state index in [2.05, 4.69) is 127 Å². The van der Waals surface area contributed by atoms with Crippen LogP contribution in [0, 0.1) is 40.4 Å². The van der Waals surface area contributed by atoms with Crippen molar-refractivity contribution in [1.29, 1.82) is 5.26 Å². The fourth-order valence-corrected chi connectivity index (χ4v) is 12.6. The summed E-state index contributed by atoms with van der Waals surface area (Å²) in [6, 6.07) is 63.0. The fraction of sp³-hybridized carbons (Fsp3) is 0.200. The Morgan fingerprint density at radius 2 is 0.797 bits per heavy atom.